The fourth-order valence-electron chi connectivity index (χ4n) is 0.436. The van der Waals surface area contributed by atoms with Crippen LogP contribution in [0.3, 0.4) is 0 Å². The number of allylic oxidation sites excluding steroid dienone is 4. The van der Waals surface area contributed by atoms with E-state index in [1.54, 1.807) is 13.8 Å². The molecule has 2 heteroatoms. The Hall–Kier alpha value is -1.44. The molecule has 0 radical (unpaired) electrons. The Balaban J connectivity index is 4.26. The van der Waals surface area contributed by atoms with Crippen LogP contribution in [0.2, 0.25) is 0 Å². The van der Waals surface area contributed by atoms with Crippen molar-refractivity contribution in [1.29, 1.82) is 0 Å². The molecule has 0 N–H and O–H groups in total. The lowest BCUT2D eigenvalue weighted by molar-refractivity contribution is -0.113. The summed E-state index contributed by atoms with van der Waals surface area (Å²) in [5, 5.41) is 0. The Morgan fingerprint density at radius 1 is 0.917 bits per heavy atom. The van der Waals surface area contributed by atoms with E-state index >= 15 is 0 Å². The van der Waals surface area contributed by atoms with Crippen molar-refractivity contribution in [3.05, 3.63) is 36.5 Å². The highest BCUT2D eigenvalue weighted by Crippen LogP contribution is 1.95. The number of ketones is 2. The van der Waals surface area contributed by atoms with Gasteiger partial charge in [0.25, 0.3) is 0 Å². The first-order valence-electron chi connectivity index (χ1n) is 3.53. The summed E-state index contributed by atoms with van der Waals surface area (Å²) < 4.78 is 0. The van der Waals surface area contributed by atoms with Crippen LogP contribution in [0, 0.1) is 0 Å². The van der Waals surface area contributed by atoms with Gasteiger partial charge in [-0.2, -0.15) is 0 Å². The van der Waals surface area contributed by atoms with Crippen molar-refractivity contribution < 1.29 is 9.59 Å². The lowest BCUT2D eigenvalue weighted by Crippen LogP contribution is -1.97. The molecule has 0 amide bonds. The maximum absolute atomic E-state index is 10.9. The van der Waals surface area contributed by atoms with Crippen LogP contribution in [0.15, 0.2) is 36.5 Å². The molecule has 0 saturated heterocycles. The van der Waals surface area contributed by atoms with Crippen LogP contribution in [-0.4, -0.2) is 11.6 Å². The molecule has 0 heterocycles. The average molecular weight is 164 g/mol. The number of hydrogen-bond acceptors (Lipinski definition) is 2. The molecule has 0 saturated carbocycles. The van der Waals surface area contributed by atoms with Gasteiger partial charge >= 0.3 is 0 Å². The molecule has 0 spiro atoms. The molecule has 12 heavy (non-hydrogen) atoms. The van der Waals surface area contributed by atoms with Crippen molar-refractivity contribution in [3.63, 3.8) is 0 Å². The molecule has 0 aromatic rings. The van der Waals surface area contributed by atoms with Gasteiger partial charge in [-0.15, -0.1) is 0 Å². The van der Waals surface area contributed by atoms with Gasteiger partial charge in [-0.05, 0) is 37.1 Å². The maximum atomic E-state index is 10.9. The summed E-state index contributed by atoms with van der Waals surface area (Å²) in [4.78, 5) is 21.8. The van der Waals surface area contributed by atoms with E-state index in [0.29, 0.717) is 11.1 Å². The van der Waals surface area contributed by atoms with E-state index in [2.05, 4.69) is 13.2 Å². The fourth-order valence-corrected chi connectivity index (χ4v) is 0.436. The van der Waals surface area contributed by atoms with Gasteiger partial charge < -0.3 is 0 Å². The molecular weight excluding hydrogens is 152 g/mol. The summed E-state index contributed by atoms with van der Waals surface area (Å²) in [6, 6.07) is 0. The van der Waals surface area contributed by atoms with Gasteiger partial charge in [0.1, 0.15) is 0 Å². The first-order chi connectivity index (χ1) is 5.45. The van der Waals surface area contributed by atoms with Crippen LogP contribution in [0.25, 0.3) is 0 Å². The van der Waals surface area contributed by atoms with Gasteiger partial charge in [0.15, 0.2) is 11.6 Å². The molecule has 0 aliphatic heterocycles. The predicted octanol–water partition coefficient (Wildman–Crippen LogP) is 1.83. The van der Waals surface area contributed by atoms with Crippen LogP contribution >= 0.6 is 0 Å². The number of rotatable bonds is 4. The zero-order valence-electron chi connectivity index (χ0n) is 7.39. The van der Waals surface area contributed by atoms with Gasteiger partial charge in [0, 0.05) is 0 Å². The second-order valence-electron chi connectivity index (χ2n) is 2.62. The summed E-state index contributed by atoms with van der Waals surface area (Å²) in [5.74, 6) is -0.464. The molecule has 0 aromatic carbocycles. The van der Waals surface area contributed by atoms with E-state index in [4.69, 9.17) is 0 Å². The van der Waals surface area contributed by atoms with E-state index in [0.717, 1.165) is 0 Å². The predicted molar refractivity (Wildman–Crippen MR) is 48.8 cm³/mol. The Morgan fingerprint density at radius 2 is 1.17 bits per heavy atom. The molecule has 0 rings (SSSR count). The second-order valence-corrected chi connectivity index (χ2v) is 2.62. The fraction of sp³-hybridized carbons (Fsp3) is 0.200. The van der Waals surface area contributed by atoms with Crippen LogP contribution in [0.5, 0.6) is 0 Å². The molecule has 2 nitrogen and oxygen atoms in total. The standard InChI is InChI=1S/C10H12O2/c1-7(2)9(11)5-6-10(12)8(3)4/h5-6H,1,3H2,2,4H3. The Bertz CT molecular complexity index is 242. The molecule has 0 aliphatic rings. The minimum Gasteiger partial charge on any atom is -0.290 e. The highest BCUT2D eigenvalue weighted by molar-refractivity contribution is 6.10. The van der Waals surface area contributed by atoms with Crippen molar-refractivity contribution >= 4 is 11.6 Å². The maximum Gasteiger partial charge on any atom is 0.181 e. The minimum absolute atomic E-state index is 0.232. The quantitative estimate of drug-likeness (QED) is 0.594. The summed E-state index contributed by atoms with van der Waals surface area (Å²) in [6.45, 7) is 10.1. The highest BCUT2D eigenvalue weighted by atomic mass is 16.1. The third kappa shape index (κ3) is 3.66. The van der Waals surface area contributed by atoms with Gasteiger partial charge in [-0.1, -0.05) is 13.2 Å². The number of carbonyl (C=O) groups excluding carboxylic acids is 2. The largest absolute Gasteiger partial charge is 0.290 e. The second kappa shape index (κ2) is 4.44. The molecule has 64 valence electrons. The SMILES string of the molecule is C=C(C)C(=O)C=CC(=O)C(=C)C. The smallest absolute Gasteiger partial charge is 0.181 e. The summed E-state index contributed by atoms with van der Waals surface area (Å²) >= 11 is 0. The van der Waals surface area contributed by atoms with Crippen LogP contribution in [-0.2, 0) is 9.59 Å². The number of carbonyl (C=O) groups is 2. The van der Waals surface area contributed by atoms with E-state index in [1.165, 1.54) is 12.2 Å². The van der Waals surface area contributed by atoms with E-state index in [9.17, 15) is 9.59 Å². The monoisotopic (exact) mass is 164 g/mol. The van der Waals surface area contributed by atoms with E-state index < -0.39 is 0 Å². The lowest BCUT2D eigenvalue weighted by atomic mass is 10.1. The van der Waals surface area contributed by atoms with E-state index in [-0.39, 0.29) is 11.6 Å². The van der Waals surface area contributed by atoms with Gasteiger partial charge in [-0.3, -0.25) is 9.59 Å². The lowest BCUT2D eigenvalue weighted by Gasteiger charge is -1.90. The van der Waals surface area contributed by atoms with Crippen LogP contribution in [0.1, 0.15) is 13.8 Å². The van der Waals surface area contributed by atoms with Crippen molar-refractivity contribution in [2.24, 2.45) is 0 Å². The molecule has 0 bridgehead atoms. The van der Waals surface area contributed by atoms with Crippen LogP contribution < -0.4 is 0 Å². The number of hydrogen-bond donors (Lipinski definition) is 0. The molecule has 0 aromatic heterocycles. The van der Waals surface area contributed by atoms with Crippen LogP contribution in [0.4, 0.5) is 0 Å². The van der Waals surface area contributed by atoms with Gasteiger partial charge in [0.2, 0.25) is 0 Å². The normalized spacial score (nSPS) is 9.83. The third-order valence-corrected chi connectivity index (χ3v) is 1.23. The summed E-state index contributed by atoms with van der Waals surface area (Å²) in [5.41, 5.74) is 0.835. The van der Waals surface area contributed by atoms with Gasteiger partial charge in [-0.25, -0.2) is 0 Å². The Kier molecular flexibility index (Phi) is 3.91. The first-order valence-corrected chi connectivity index (χ1v) is 3.53. The Morgan fingerprint density at radius 3 is 1.33 bits per heavy atom. The third-order valence-electron chi connectivity index (χ3n) is 1.23. The van der Waals surface area contributed by atoms with Crippen molar-refractivity contribution in [2.45, 2.75) is 13.8 Å². The molecular formula is C10H12O2. The minimum atomic E-state index is -0.232. The van der Waals surface area contributed by atoms with Crippen molar-refractivity contribution in [2.75, 3.05) is 0 Å². The highest BCUT2D eigenvalue weighted by Gasteiger charge is 1.99. The molecule has 0 atom stereocenters. The molecule has 0 aliphatic carbocycles. The summed E-state index contributed by atoms with van der Waals surface area (Å²) in [7, 11) is 0. The molecule has 0 fully saturated rings. The summed E-state index contributed by atoms with van der Waals surface area (Å²) in [6.07, 6.45) is 2.42. The zero-order valence-corrected chi connectivity index (χ0v) is 7.39. The molecule has 0 unspecified atom stereocenters. The topological polar surface area (TPSA) is 34.1 Å². The van der Waals surface area contributed by atoms with Crippen molar-refractivity contribution in [1.82, 2.24) is 0 Å². The average Bonchev–Trinajstić information content (AvgIpc) is 1.98. The van der Waals surface area contributed by atoms with E-state index in [1.807, 2.05) is 0 Å². The van der Waals surface area contributed by atoms with Gasteiger partial charge in [0.05, 0.1) is 0 Å². The zero-order chi connectivity index (χ0) is 9.72. The first kappa shape index (κ1) is 10.6. The Labute approximate surface area is 72.3 Å². The van der Waals surface area contributed by atoms with Crippen molar-refractivity contribution in [3.8, 4) is 0 Å².